The molecule has 4 nitrogen and oxygen atoms in total. The third kappa shape index (κ3) is 3.99. The second kappa shape index (κ2) is 9.40. The summed E-state index contributed by atoms with van der Waals surface area (Å²) in [5.74, 6) is 3.74. The molecule has 0 unspecified atom stereocenters. The van der Waals surface area contributed by atoms with Crippen LogP contribution >= 0.6 is 22.7 Å². The lowest BCUT2D eigenvalue weighted by Gasteiger charge is -2.02. The van der Waals surface area contributed by atoms with Crippen LogP contribution in [0.1, 0.15) is 75.0 Å². The highest BCUT2D eigenvalue weighted by Crippen LogP contribution is 2.58. The lowest BCUT2D eigenvalue weighted by atomic mass is 10.1. The molecule has 2 aromatic heterocycles. The summed E-state index contributed by atoms with van der Waals surface area (Å²) in [6.45, 7) is 5.14. The summed E-state index contributed by atoms with van der Waals surface area (Å²) in [5.41, 5.74) is 0. The first kappa shape index (κ1) is 19.9. The van der Waals surface area contributed by atoms with Crippen LogP contribution in [0.3, 0.4) is 0 Å². The number of ether oxygens (including phenoxy) is 4. The van der Waals surface area contributed by atoms with Gasteiger partial charge in [0, 0.05) is 0 Å². The van der Waals surface area contributed by atoms with E-state index in [4.69, 9.17) is 18.9 Å². The first-order chi connectivity index (χ1) is 13.8. The predicted octanol–water partition coefficient (Wildman–Crippen LogP) is 7.18. The van der Waals surface area contributed by atoms with Gasteiger partial charge in [0.2, 0.25) is 13.6 Å². The molecule has 0 N–H and O–H groups in total. The number of hydrogen-bond acceptors (Lipinski definition) is 6. The fourth-order valence-corrected chi connectivity index (χ4v) is 6.38. The molecule has 2 aromatic rings. The predicted molar refractivity (Wildman–Crippen MR) is 116 cm³/mol. The summed E-state index contributed by atoms with van der Waals surface area (Å²) in [7, 11) is 0. The molecule has 6 heteroatoms. The molecule has 0 spiro atoms. The van der Waals surface area contributed by atoms with Crippen molar-refractivity contribution in [2.75, 3.05) is 13.6 Å². The zero-order valence-corrected chi connectivity index (χ0v) is 18.6. The van der Waals surface area contributed by atoms with E-state index in [1.165, 1.54) is 61.1 Å². The summed E-state index contributed by atoms with van der Waals surface area (Å²) < 4.78 is 23.4. The molecule has 0 aliphatic carbocycles. The van der Waals surface area contributed by atoms with Gasteiger partial charge in [-0.1, -0.05) is 52.4 Å². The zero-order chi connectivity index (χ0) is 19.3. The van der Waals surface area contributed by atoms with Crippen LogP contribution in [0.5, 0.6) is 23.0 Å². The quantitative estimate of drug-likeness (QED) is 0.359. The summed E-state index contributed by atoms with van der Waals surface area (Å²) in [5, 5.41) is 0. The van der Waals surface area contributed by atoms with Crippen molar-refractivity contribution in [3.8, 4) is 32.8 Å². The summed E-state index contributed by atoms with van der Waals surface area (Å²) in [6.07, 6.45) is 12.2. The van der Waals surface area contributed by atoms with Crippen LogP contribution in [-0.2, 0) is 12.8 Å². The van der Waals surface area contributed by atoms with Gasteiger partial charge in [0.15, 0.2) is 23.0 Å². The van der Waals surface area contributed by atoms with Crippen LogP contribution in [0, 0.1) is 0 Å². The number of fused-ring (bicyclic) bond motifs is 2. The number of rotatable bonds is 11. The average Bonchev–Trinajstić information content (AvgIpc) is 3.45. The van der Waals surface area contributed by atoms with Crippen molar-refractivity contribution in [2.24, 2.45) is 0 Å². The van der Waals surface area contributed by atoms with Gasteiger partial charge in [-0.3, -0.25) is 0 Å². The topological polar surface area (TPSA) is 36.9 Å². The fourth-order valence-electron chi connectivity index (χ4n) is 3.79. The van der Waals surface area contributed by atoms with E-state index in [2.05, 4.69) is 13.8 Å². The van der Waals surface area contributed by atoms with E-state index in [1.807, 2.05) is 22.7 Å². The molecule has 0 aromatic carbocycles. The van der Waals surface area contributed by atoms with Crippen molar-refractivity contribution >= 4 is 22.7 Å². The van der Waals surface area contributed by atoms with E-state index >= 15 is 0 Å². The third-order valence-corrected chi connectivity index (χ3v) is 7.90. The zero-order valence-electron chi connectivity index (χ0n) is 16.9. The first-order valence-corrected chi connectivity index (χ1v) is 12.3. The normalized spacial score (nSPS) is 14.2. The van der Waals surface area contributed by atoms with E-state index in [1.54, 1.807) is 0 Å². The van der Waals surface area contributed by atoms with Gasteiger partial charge in [-0.15, -0.1) is 22.7 Å². The van der Waals surface area contributed by atoms with Crippen molar-refractivity contribution in [1.82, 2.24) is 0 Å². The van der Waals surface area contributed by atoms with Crippen LogP contribution in [-0.4, -0.2) is 13.6 Å². The number of thiophene rings is 2. The number of aryl methyl sites for hydroxylation is 2. The summed E-state index contributed by atoms with van der Waals surface area (Å²) in [6, 6.07) is 0. The van der Waals surface area contributed by atoms with Crippen LogP contribution in [0.2, 0.25) is 0 Å². The van der Waals surface area contributed by atoms with Crippen molar-refractivity contribution in [3.05, 3.63) is 9.75 Å². The van der Waals surface area contributed by atoms with Crippen LogP contribution in [0.25, 0.3) is 9.75 Å². The van der Waals surface area contributed by atoms with E-state index in [0.717, 1.165) is 45.6 Å². The van der Waals surface area contributed by atoms with Crippen molar-refractivity contribution in [2.45, 2.75) is 78.1 Å². The third-order valence-electron chi connectivity index (χ3n) is 5.32. The molecular weight excluding hydrogens is 392 g/mol. The summed E-state index contributed by atoms with van der Waals surface area (Å²) in [4.78, 5) is 4.93. The lowest BCUT2D eigenvalue weighted by Crippen LogP contribution is -1.97. The average molecular weight is 423 g/mol. The molecule has 0 fully saturated rings. The monoisotopic (exact) mass is 422 g/mol. The summed E-state index contributed by atoms with van der Waals surface area (Å²) >= 11 is 3.62. The molecule has 0 amide bonds. The number of hydrogen-bond donors (Lipinski definition) is 0. The maximum Gasteiger partial charge on any atom is 0.231 e. The smallest absolute Gasteiger partial charge is 0.231 e. The van der Waals surface area contributed by atoms with Gasteiger partial charge in [0.1, 0.15) is 0 Å². The minimum atomic E-state index is 0.321. The van der Waals surface area contributed by atoms with E-state index in [0.29, 0.717) is 13.6 Å². The molecule has 0 saturated heterocycles. The molecule has 0 radical (unpaired) electrons. The molecular formula is C22H30O4S2. The Balaban J connectivity index is 1.57. The van der Waals surface area contributed by atoms with Crippen LogP contribution in [0.15, 0.2) is 0 Å². The molecule has 4 rings (SSSR count). The minimum Gasteiger partial charge on any atom is -0.452 e. The second-order valence-corrected chi connectivity index (χ2v) is 9.67. The molecule has 0 bridgehead atoms. The maximum absolute atomic E-state index is 5.87. The molecule has 28 heavy (non-hydrogen) atoms. The largest absolute Gasteiger partial charge is 0.452 e. The molecule has 2 aliphatic heterocycles. The van der Waals surface area contributed by atoms with Gasteiger partial charge in [-0.2, -0.15) is 0 Å². The number of unbranched alkanes of at least 4 members (excludes halogenated alkanes) is 6. The van der Waals surface area contributed by atoms with Crippen molar-refractivity contribution in [3.63, 3.8) is 0 Å². The van der Waals surface area contributed by atoms with Gasteiger partial charge in [0.25, 0.3) is 0 Å². The van der Waals surface area contributed by atoms with Gasteiger partial charge in [0.05, 0.1) is 19.5 Å². The standard InChI is InChI=1S/C22H30O4S2/c1-3-5-7-9-11-15-17-19(25-13-23-17)21(27-15)22-20-18(24-14-26-20)16(28-22)12-10-8-6-4-2/h3-14H2,1-2H3. The van der Waals surface area contributed by atoms with Crippen LogP contribution < -0.4 is 18.9 Å². The van der Waals surface area contributed by atoms with Gasteiger partial charge in [-0.05, 0) is 25.7 Å². The lowest BCUT2D eigenvalue weighted by molar-refractivity contribution is 0.172. The maximum atomic E-state index is 5.87. The molecule has 0 saturated carbocycles. The molecule has 0 atom stereocenters. The molecule has 2 aliphatic rings. The highest BCUT2D eigenvalue weighted by Gasteiger charge is 2.33. The Morgan fingerprint density at radius 1 is 0.571 bits per heavy atom. The highest BCUT2D eigenvalue weighted by atomic mass is 32.1. The minimum absolute atomic E-state index is 0.321. The van der Waals surface area contributed by atoms with E-state index < -0.39 is 0 Å². The van der Waals surface area contributed by atoms with Crippen molar-refractivity contribution < 1.29 is 18.9 Å². The second-order valence-electron chi connectivity index (χ2n) is 7.46. The Kier molecular flexibility index (Phi) is 6.68. The molecule has 154 valence electrons. The Hall–Kier alpha value is -1.40. The SMILES string of the molecule is CCCCCCc1sc(-c2sc(CCCCCC)c3c2OCO3)c2c1OCO2. The fraction of sp³-hybridized carbons (Fsp3) is 0.636. The van der Waals surface area contributed by atoms with Crippen LogP contribution in [0.4, 0.5) is 0 Å². The van der Waals surface area contributed by atoms with Gasteiger partial charge < -0.3 is 18.9 Å². The Bertz CT molecular complexity index is 727. The van der Waals surface area contributed by atoms with Gasteiger partial charge in [-0.25, -0.2) is 0 Å². The Morgan fingerprint density at radius 2 is 1.00 bits per heavy atom. The van der Waals surface area contributed by atoms with E-state index in [-0.39, 0.29) is 0 Å². The molecule has 4 heterocycles. The highest BCUT2D eigenvalue weighted by molar-refractivity contribution is 7.23. The Morgan fingerprint density at radius 3 is 1.43 bits per heavy atom. The Labute approximate surface area is 175 Å². The van der Waals surface area contributed by atoms with Gasteiger partial charge >= 0.3 is 0 Å². The first-order valence-electron chi connectivity index (χ1n) is 10.7. The van der Waals surface area contributed by atoms with Crippen molar-refractivity contribution in [1.29, 1.82) is 0 Å². The van der Waals surface area contributed by atoms with E-state index in [9.17, 15) is 0 Å².